The molecule has 6 rings (SSSR count). The van der Waals surface area contributed by atoms with Gasteiger partial charge < -0.3 is 34.5 Å². The van der Waals surface area contributed by atoms with E-state index in [1.807, 2.05) is 25.1 Å². The number of aromatic nitrogens is 2. The molecule has 0 aliphatic carbocycles. The lowest BCUT2D eigenvalue weighted by Crippen LogP contribution is -2.30. The molecule has 0 radical (unpaired) electrons. The Morgan fingerprint density at radius 2 is 1.96 bits per heavy atom. The fraction of sp³-hybridized carbons (Fsp3) is 0.265. The molecule has 11 heteroatoms. The first kappa shape index (κ1) is 30.2. The molecule has 45 heavy (non-hydrogen) atoms. The number of fused-ring (bicyclic) bond motifs is 4. The van der Waals surface area contributed by atoms with Crippen LogP contribution in [0.2, 0.25) is 0 Å². The molecule has 1 aliphatic rings. The average molecular weight is 629 g/mol. The smallest absolute Gasteiger partial charge is 0.274 e. The Bertz CT molecular complexity index is 1890. The van der Waals surface area contributed by atoms with Gasteiger partial charge >= 0.3 is 0 Å². The molecule has 2 aromatic heterocycles. The van der Waals surface area contributed by atoms with Gasteiger partial charge in [0, 0.05) is 66.3 Å². The largest absolute Gasteiger partial charge is 0.507 e. The van der Waals surface area contributed by atoms with E-state index in [0.717, 1.165) is 17.4 Å². The SMILES string of the molecule is COCC[C@H](C)Oc1ccc(C(=O)Nc2cnc3[nH]c(C(=O)N4CC(CCl)c5c4cc(O)c4cccc(OC)c54)cc3c2)cc1. The number of aromatic amines is 1. The highest BCUT2D eigenvalue weighted by Gasteiger charge is 2.36. The highest BCUT2D eigenvalue weighted by Crippen LogP contribution is 2.48. The molecule has 2 amide bonds. The molecule has 1 unspecified atom stereocenters. The first-order chi connectivity index (χ1) is 21.8. The molecule has 3 aromatic carbocycles. The van der Waals surface area contributed by atoms with Gasteiger partial charge in [-0.3, -0.25) is 9.59 Å². The Balaban J connectivity index is 1.21. The summed E-state index contributed by atoms with van der Waals surface area (Å²) in [4.78, 5) is 36.0. The third kappa shape index (κ3) is 5.86. The van der Waals surface area contributed by atoms with Crippen molar-refractivity contribution in [1.82, 2.24) is 9.97 Å². The molecule has 0 saturated carbocycles. The Kier molecular flexibility index (Phi) is 8.51. The summed E-state index contributed by atoms with van der Waals surface area (Å²) in [5.41, 5.74) is 3.21. The number of halogens is 1. The Hall–Kier alpha value is -4.80. The monoisotopic (exact) mass is 628 g/mol. The summed E-state index contributed by atoms with van der Waals surface area (Å²) in [6, 6.07) is 17.4. The predicted octanol–water partition coefficient (Wildman–Crippen LogP) is 6.47. The normalized spacial score (nSPS) is 14.8. The third-order valence-electron chi connectivity index (χ3n) is 8.01. The topological polar surface area (TPSA) is 126 Å². The van der Waals surface area contributed by atoms with Crippen molar-refractivity contribution in [3.63, 3.8) is 0 Å². The number of phenolic OH excluding ortho intramolecular Hbond substituents is 1. The van der Waals surface area contributed by atoms with E-state index in [4.69, 9.17) is 25.8 Å². The number of phenols is 1. The number of hydrogen-bond acceptors (Lipinski definition) is 7. The van der Waals surface area contributed by atoms with Gasteiger partial charge in [0.1, 0.15) is 28.6 Å². The van der Waals surface area contributed by atoms with Gasteiger partial charge in [0.25, 0.3) is 11.8 Å². The van der Waals surface area contributed by atoms with Gasteiger partial charge in [-0.15, -0.1) is 11.6 Å². The van der Waals surface area contributed by atoms with Crippen LogP contribution >= 0.6 is 11.6 Å². The number of pyridine rings is 1. The number of nitrogens with one attached hydrogen (secondary N) is 2. The van der Waals surface area contributed by atoms with Crippen LogP contribution in [0.3, 0.4) is 0 Å². The lowest BCUT2D eigenvalue weighted by Gasteiger charge is -2.18. The molecule has 3 heterocycles. The third-order valence-corrected chi connectivity index (χ3v) is 8.39. The number of amides is 2. The van der Waals surface area contributed by atoms with Crippen LogP contribution in [0.1, 0.15) is 45.7 Å². The van der Waals surface area contributed by atoms with Crippen LogP contribution in [0.25, 0.3) is 21.8 Å². The van der Waals surface area contributed by atoms with Crippen LogP contribution in [-0.4, -0.2) is 66.2 Å². The minimum atomic E-state index is -0.301. The average Bonchev–Trinajstić information content (AvgIpc) is 3.65. The van der Waals surface area contributed by atoms with Gasteiger partial charge in [-0.1, -0.05) is 12.1 Å². The summed E-state index contributed by atoms with van der Waals surface area (Å²) >= 11 is 6.39. The van der Waals surface area contributed by atoms with Gasteiger partial charge in [0.15, 0.2) is 0 Å². The minimum absolute atomic E-state index is 0.0157. The molecule has 2 atom stereocenters. The number of alkyl halides is 1. The highest BCUT2D eigenvalue weighted by atomic mass is 35.5. The number of carbonyl (C=O) groups excluding carboxylic acids is 2. The number of aromatic hydroxyl groups is 1. The fourth-order valence-electron chi connectivity index (χ4n) is 5.78. The van der Waals surface area contributed by atoms with Crippen molar-refractivity contribution in [3.8, 4) is 17.2 Å². The van der Waals surface area contributed by atoms with E-state index in [1.54, 1.807) is 61.6 Å². The van der Waals surface area contributed by atoms with Crippen molar-refractivity contribution in [1.29, 1.82) is 0 Å². The van der Waals surface area contributed by atoms with Crippen LogP contribution in [0, 0.1) is 0 Å². The van der Waals surface area contributed by atoms with E-state index in [0.29, 0.717) is 63.7 Å². The number of carbonyl (C=O) groups is 2. The predicted molar refractivity (Wildman–Crippen MR) is 174 cm³/mol. The number of ether oxygens (including phenoxy) is 3. The minimum Gasteiger partial charge on any atom is -0.507 e. The summed E-state index contributed by atoms with van der Waals surface area (Å²) in [7, 11) is 3.23. The zero-order valence-electron chi connectivity index (χ0n) is 25.1. The van der Waals surface area contributed by atoms with Crippen LogP contribution in [0.5, 0.6) is 17.2 Å². The van der Waals surface area contributed by atoms with Crippen LogP contribution in [0.4, 0.5) is 11.4 Å². The molecule has 10 nitrogen and oxygen atoms in total. The van der Waals surface area contributed by atoms with E-state index >= 15 is 0 Å². The lowest BCUT2D eigenvalue weighted by molar-refractivity contribution is 0.0983. The van der Waals surface area contributed by atoms with Crippen molar-refractivity contribution in [2.75, 3.05) is 43.5 Å². The van der Waals surface area contributed by atoms with E-state index in [9.17, 15) is 14.7 Å². The number of H-pyrrole nitrogens is 1. The number of hydrogen-bond donors (Lipinski definition) is 3. The van der Waals surface area contributed by atoms with Gasteiger partial charge in [0.05, 0.1) is 30.8 Å². The van der Waals surface area contributed by atoms with E-state index in [1.165, 1.54) is 6.20 Å². The van der Waals surface area contributed by atoms with Crippen molar-refractivity contribution in [2.45, 2.75) is 25.4 Å². The van der Waals surface area contributed by atoms with Crippen LogP contribution in [0.15, 0.2) is 66.9 Å². The molecule has 0 bridgehead atoms. The molecular weight excluding hydrogens is 596 g/mol. The molecule has 1 aliphatic heterocycles. The second kappa shape index (κ2) is 12.7. The van der Waals surface area contributed by atoms with Crippen LogP contribution in [-0.2, 0) is 4.74 Å². The summed E-state index contributed by atoms with van der Waals surface area (Å²) in [5, 5.41) is 15.8. The molecule has 232 valence electrons. The van der Waals surface area contributed by atoms with Gasteiger partial charge in [0.2, 0.25) is 0 Å². The lowest BCUT2D eigenvalue weighted by atomic mass is 9.94. The molecule has 5 aromatic rings. The zero-order chi connectivity index (χ0) is 31.7. The van der Waals surface area contributed by atoms with Crippen molar-refractivity contribution in [3.05, 3.63) is 83.7 Å². The van der Waals surface area contributed by atoms with Gasteiger partial charge in [-0.05, 0) is 55.0 Å². The number of methoxy groups -OCH3 is 2. The Labute approximate surface area is 264 Å². The first-order valence-electron chi connectivity index (χ1n) is 14.6. The maximum absolute atomic E-state index is 13.9. The van der Waals surface area contributed by atoms with Gasteiger partial charge in [-0.2, -0.15) is 0 Å². The van der Waals surface area contributed by atoms with E-state index < -0.39 is 0 Å². The molecule has 0 spiro atoms. The number of anilines is 2. The molecule has 0 saturated heterocycles. The summed E-state index contributed by atoms with van der Waals surface area (Å²) in [5.74, 6) is 0.857. The quantitative estimate of drug-likeness (QED) is 0.151. The summed E-state index contributed by atoms with van der Waals surface area (Å²) in [6.45, 7) is 2.91. The van der Waals surface area contributed by atoms with Crippen molar-refractivity contribution in [2.24, 2.45) is 0 Å². The Morgan fingerprint density at radius 3 is 2.69 bits per heavy atom. The van der Waals surface area contributed by atoms with E-state index in [-0.39, 0.29) is 35.5 Å². The van der Waals surface area contributed by atoms with Gasteiger partial charge in [-0.25, -0.2) is 4.98 Å². The number of nitrogens with zero attached hydrogens (tertiary/aromatic N) is 2. The second-order valence-corrected chi connectivity index (χ2v) is 11.3. The number of benzene rings is 3. The standard InChI is InChI=1S/C34H33ClN4O6/c1-19(11-12-43-2)45-24-9-7-20(8-10-24)33(41)37-23-13-21-14-26(38-32(21)36-17-23)34(42)39-18-22(16-35)30-27(39)15-28(40)25-5-4-6-29(44-3)31(25)30/h4-10,13-15,17,19,22,40H,11-12,16,18H2,1-3H3,(H,36,38)(H,37,41)/t19-,22?/m0/s1. The Morgan fingerprint density at radius 1 is 1.16 bits per heavy atom. The van der Waals surface area contributed by atoms with E-state index in [2.05, 4.69) is 15.3 Å². The summed E-state index contributed by atoms with van der Waals surface area (Å²) < 4.78 is 16.6. The molecule has 0 fully saturated rings. The zero-order valence-corrected chi connectivity index (χ0v) is 25.9. The summed E-state index contributed by atoms with van der Waals surface area (Å²) in [6.07, 6.45) is 2.28. The molecule has 3 N–H and O–H groups in total. The second-order valence-electron chi connectivity index (χ2n) is 11.0. The highest BCUT2D eigenvalue weighted by molar-refractivity contribution is 6.19. The maximum Gasteiger partial charge on any atom is 0.274 e. The maximum atomic E-state index is 13.9. The molecular formula is C34H33ClN4O6. The first-order valence-corrected chi connectivity index (χ1v) is 15.1. The van der Waals surface area contributed by atoms with Crippen LogP contribution < -0.4 is 19.7 Å². The fourth-order valence-corrected chi connectivity index (χ4v) is 6.03. The number of rotatable bonds is 10. The van der Waals surface area contributed by atoms with Crippen molar-refractivity contribution < 1.29 is 28.9 Å². The van der Waals surface area contributed by atoms with Crippen molar-refractivity contribution >= 4 is 56.6 Å².